The van der Waals surface area contributed by atoms with Gasteiger partial charge in [-0.1, -0.05) is 0 Å². The van der Waals surface area contributed by atoms with Crippen LogP contribution < -0.4 is 11.3 Å². The Hall–Kier alpha value is -1.87. The summed E-state index contributed by atoms with van der Waals surface area (Å²) < 4.78 is 31.7. The lowest BCUT2D eigenvalue weighted by Crippen LogP contribution is -2.31. The molecule has 9 heteroatoms. The first-order valence-corrected chi connectivity index (χ1v) is 7.30. The van der Waals surface area contributed by atoms with Gasteiger partial charge in [0.1, 0.15) is 11.3 Å². The summed E-state index contributed by atoms with van der Waals surface area (Å²) in [5.41, 5.74) is 3.65. The van der Waals surface area contributed by atoms with Crippen molar-refractivity contribution in [3.8, 4) is 5.88 Å². The number of primary amides is 1. The number of aromatic hydroxyl groups is 1. The first-order chi connectivity index (χ1) is 8.97. The summed E-state index contributed by atoms with van der Waals surface area (Å²) in [5, 5.41) is 9.96. The van der Waals surface area contributed by atoms with Crippen molar-refractivity contribution in [2.75, 3.05) is 0 Å². The molecule has 8 nitrogen and oxygen atoms in total. The molecule has 0 saturated carbocycles. The number of carbonyl (C=O) groups is 1. The SMILES string of the molecule is Cc1c(C(N)=O)c(O)n(C(C)C)c(=O)c1CS(=O)(=O)O. The topological polar surface area (TPSA) is 140 Å². The van der Waals surface area contributed by atoms with Gasteiger partial charge in [-0.2, -0.15) is 8.42 Å². The van der Waals surface area contributed by atoms with E-state index in [4.69, 9.17) is 10.3 Å². The highest BCUT2D eigenvalue weighted by Gasteiger charge is 2.25. The van der Waals surface area contributed by atoms with E-state index < -0.39 is 39.3 Å². The molecule has 1 rings (SSSR count). The Morgan fingerprint density at radius 1 is 1.40 bits per heavy atom. The molecule has 0 atom stereocenters. The summed E-state index contributed by atoms with van der Waals surface area (Å²) in [7, 11) is -4.47. The van der Waals surface area contributed by atoms with E-state index in [9.17, 15) is 23.1 Å². The number of amides is 1. The second kappa shape index (κ2) is 5.25. The Kier molecular flexibility index (Phi) is 4.25. The van der Waals surface area contributed by atoms with E-state index in [1.807, 2.05) is 0 Å². The van der Waals surface area contributed by atoms with Gasteiger partial charge in [0.05, 0.1) is 0 Å². The standard InChI is InChI=1S/C11H16N2O6S/c1-5(2)13-10(15)7(4-20(17,18)19)6(3)8(9(12)14)11(13)16/h5,16H,4H2,1-3H3,(H2,12,14)(H,17,18,19). The monoisotopic (exact) mass is 304 g/mol. The minimum atomic E-state index is -4.47. The Balaban J connectivity index is 3.86. The normalized spacial score (nSPS) is 11.8. The molecule has 1 aromatic heterocycles. The van der Waals surface area contributed by atoms with Crippen LogP contribution in [-0.2, 0) is 15.9 Å². The van der Waals surface area contributed by atoms with Crippen LogP contribution in [0.4, 0.5) is 0 Å². The molecule has 1 amide bonds. The van der Waals surface area contributed by atoms with Crippen LogP contribution in [0.1, 0.15) is 41.4 Å². The van der Waals surface area contributed by atoms with Gasteiger partial charge in [0.2, 0.25) is 5.88 Å². The molecule has 0 unspecified atom stereocenters. The zero-order valence-corrected chi connectivity index (χ0v) is 12.1. The third-order valence-electron chi connectivity index (χ3n) is 2.85. The van der Waals surface area contributed by atoms with Gasteiger partial charge in [0.25, 0.3) is 21.6 Å². The van der Waals surface area contributed by atoms with Crippen molar-refractivity contribution < 1.29 is 22.9 Å². The summed E-state index contributed by atoms with van der Waals surface area (Å²) in [5.74, 6) is -2.56. The Bertz CT molecular complexity index is 717. The van der Waals surface area contributed by atoms with Gasteiger partial charge in [0, 0.05) is 11.6 Å². The van der Waals surface area contributed by atoms with Crippen LogP contribution in [0.2, 0.25) is 0 Å². The van der Waals surface area contributed by atoms with Crippen LogP contribution in [0, 0.1) is 6.92 Å². The maximum Gasteiger partial charge on any atom is 0.269 e. The molecule has 0 spiro atoms. The van der Waals surface area contributed by atoms with Crippen molar-refractivity contribution in [1.82, 2.24) is 4.57 Å². The maximum atomic E-state index is 12.2. The van der Waals surface area contributed by atoms with Crippen molar-refractivity contribution in [2.45, 2.75) is 32.6 Å². The summed E-state index contributed by atoms with van der Waals surface area (Å²) >= 11 is 0. The lowest BCUT2D eigenvalue weighted by Gasteiger charge is -2.18. The average molecular weight is 304 g/mol. The number of nitrogens with two attached hydrogens (primary N) is 1. The van der Waals surface area contributed by atoms with E-state index in [-0.39, 0.29) is 16.7 Å². The van der Waals surface area contributed by atoms with Crippen LogP contribution in [0.15, 0.2) is 4.79 Å². The molecule has 0 bridgehead atoms. The molecule has 112 valence electrons. The van der Waals surface area contributed by atoms with Gasteiger partial charge in [0.15, 0.2) is 0 Å². The molecule has 20 heavy (non-hydrogen) atoms. The Morgan fingerprint density at radius 3 is 2.25 bits per heavy atom. The lowest BCUT2D eigenvalue weighted by molar-refractivity contribution is 0.0995. The van der Waals surface area contributed by atoms with Crippen LogP contribution in [0.5, 0.6) is 5.88 Å². The second-order valence-electron chi connectivity index (χ2n) is 4.66. The van der Waals surface area contributed by atoms with Crippen molar-refractivity contribution >= 4 is 16.0 Å². The third-order valence-corrected chi connectivity index (χ3v) is 3.50. The Labute approximate surface area is 115 Å². The smallest absolute Gasteiger partial charge is 0.269 e. The van der Waals surface area contributed by atoms with E-state index >= 15 is 0 Å². The summed E-state index contributed by atoms with van der Waals surface area (Å²) in [6.07, 6.45) is 0. The van der Waals surface area contributed by atoms with Crippen LogP contribution in [0.3, 0.4) is 0 Å². The minimum Gasteiger partial charge on any atom is -0.494 e. The molecule has 0 radical (unpaired) electrons. The molecule has 0 saturated heterocycles. The summed E-state index contributed by atoms with van der Waals surface area (Å²) in [6.45, 7) is 4.42. The van der Waals surface area contributed by atoms with Crippen molar-refractivity contribution in [3.63, 3.8) is 0 Å². The van der Waals surface area contributed by atoms with Gasteiger partial charge in [-0.3, -0.25) is 18.7 Å². The van der Waals surface area contributed by atoms with Crippen molar-refractivity contribution in [1.29, 1.82) is 0 Å². The van der Waals surface area contributed by atoms with Gasteiger partial charge in [-0.25, -0.2) is 0 Å². The third kappa shape index (κ3) is 2.99. The van der Waals surface area contributed by atoms with Crippen molar-refractivity contribution in [3.05, 3.63) is 27.0 Å². The first kappa shape index (κ1) is 16.2. The van der Waals surface area contributed by atoms with Crippen molar-refractivity contribution in [2.24, 2.45) is 5.73 Å². The molecule has 0 aliphatic heterocycles. The maximum absolute atomic E-state index is 12.2. The fourth-order valence-electron chi connectivity index (χ4n) is 1.97. The fraction of sp³-hybridized carbons (Fsp3) is 0.455. The minimum absolute atomic E-state index is 0.0606. The number of pyridine rings is 1. The average Bonchev–Trinajstić information content (AvgIpc) is 2.21. The quantitative estimate of drug-likeness (QED) is 0.665. The summed E-state index contributed by atoms with van der Waals surface area (Å²) in [4.78, 5) is 23.6. The molecule has 0 fully saturated rings. The highest BCUT2D eigenvalue weighted by atomic mass is 32.2. The van der Waals surface area contributed by atoms with Gasteiger partial charge in [-0.05, 0) is 26.3 Å². The van der Waals surface area contributed by atoms with E-state index in [1.165, 1.54) is 6.92 Å². The first-order valence-electron chi connectivity index (χ1n) is 5.69. The molecule has 4 N–H and O–H groups in total. The molecular weight excluding hydrogens is 288 g/mol. The fourth-order valence-corrected chi connectivity index (χ4v) is 2.67. The van der Waals surface area contributed by atoms with Gasteiger partial charge in [-0.15, -0.1) is 0 Å². The highest BCUT2D eigenvalue weighted by molar-refractivity contribution is 7.85. The van der Waals surface area contributed by atoms with E-state index in [0.717, 1.165) is 4.57 Å². The molecule has 0 aliphatic carbocycles. The predicted octanol–water partition coefficient (Wildman–Crippen LogP) is -0.0701. The van der Waals surface area contributed by atoms with Crippen LogP contribution in [-0.4, -0.2) is 28.6 Å². The second-order valence-corrected chi connectivity index (χ2v) is 6.11. The molecule has 1 heterocycles. The number of nitrogens with zero attached hydrogens (tertiary/aromatic N) is 1. The van der Waals surface area contributed by atoms with Crippen LogP contribution in [0.25, 0.3) is 0 Å². The summed E-state index contributed by atoms with van der Waals surface area (Å²) in [6, 6.07) is -0.527. The number of carbonyl (C=O) groups excluding carboxylic acids is 1. The zero-order chi connectivity index (χ0) is 15.8. The largest absolute Gasteiger partial charge is 0.494 e. The lowest BCUT2D eigenvalue weighted by atomic mass is 10.0. The van der Waals surface area contributed by atoms with E-state index in [0.29, 0.717) is 0 Å². The highest BCUT2D eigenvalue weighted by Crippen LogP contribution is 2.24. The molecule has 1 aromatic rings. The number of hydrogen-bond donors (Lipinski definition) is 3. The van der Waals surface area contributed by atoms with Crippen LogP contribution >= 0.6 is 0 Å². The van der Waals surface area contributed by atoms with Gasteiger partial charge >= 0.3 is 0 Å². The van der Waals surface area contributed by atoms with E-state index in [2.05, 4.69) is 0 Å². The molecular formula is C11H16N2O6S. The van der Waals surface area contributed by atoms with Gasteiger partial charge < -0.3 is 10.8 Å². The molecule has 0 aromatic carbocycles. The Morgan fingerprint density at radius 2 is 1.90 bits per heavy atom. The number of hydrogen-bond acceptors (Lipinski definition) is 5. The molecule has 0 aliphatic rings. The number of aromatic nitrogens is 1. The number of rotatable bonds is 4. The van der Waals surface area contributed by atoms with E-state index in [1.54, 1.807) is 13.8 Å². The predicted molar refractivity (Wildman–Crippen MR) is 71.3 cm³/mol. The zero-order valence-electron chi connectivity index (χ0n) is 11.2.